The van der Waals surface area contributed by atoms with Crippen molar-refractivity contribution in [2.75, 3.05) is 6.61 Å². The third-order valence-corrected chi connectivity index (χ3v) is 6.12. The van der Waals surface area contributed by atoms with Crippen molar-refractivity contribution in [1.29, 1.82) is 0 Å². The molecule has 2 aromatic rings. The van der Waals surface area contributed by atoms with Gasteiger partial charge in [0, 0.05) is 5.02 Å². The van der Waals surface area contributed by atoms with Crippen LogP contribution in [0.3, 0.4) is 0 Å². The Labute approximate surface area is 159 Å². The maximum Gasteiger partial charge on any atom is 0.325 e. The quantitative estimate of drug-likeness (QED) is 0.653. The number of sulfone groups is 1. The second-order valence-electron chi connectivity index (χ2n) is 5.79. The summed E-state index contributed by atoms with van der Waals surface area (Å²) in [6.45, 7) is 3.64. The molecular weight excluding hydrogens is 372 g/mol. The van der Waals surface area contributed by atoms with E-state index >= 15 is 0 Å². The first-order valence-corrected chi connectivity index (χ1v) is 10.2. The van der Waals surface area contributed by atoms with E-state index in [1.54, 1.807) is 43.3 Å². The van der Waals surface area contributed by atoms with Gasteiger partial charge in [-0.1, -0.05) is 53.6 Å². The predicted molar refractivity (Wildman–Crippen MR) is 104 cm³/mol. The molecule has 0 aliphatic rings. The molecule has 0 spiro atoms. The van der Waals surface area contributed by atoms with Gasteiger partial charge in [-0.05, 0) is 50.1 Å². The zero-order chi connectivity index (χ0) is 19.2. The van der Waals surface area contributed by atoms with Gasteiger partial charge in [0.25, 0.3) is 0 Å². The van der Waals surface area contributed by atoms with Gasteiger partial charge >= 0.3 is 5.97 Å². The van der Waals surface area contributed by atoms with Crippen LogP contribution in [0, 0.1) is 6.92 Å². The van der Waals surface area contributed by atoms with Gasteiger partial charge in [-0.15, -0.1) is 0 Å². The van der Waals surface area contributed by atoms with Crippen molar-refractivity contribution in [1.82, 2.24) is 0 Å². The van der Waals surface area contributed by atoms with Crippen LogP contribution in [-0.2, 0) is 19.4 Å². The lowest BCUT2D eigenvalue weighted by molar-refractivity contribution is -0.142. The lowest BCUT2D eigenvalue weighted by Gasteiger charge is -2.15. The van der Waals surface area contributed by atoms with E-state index in [1.165, 1.54) is 12.1 Å². The Morgan fingerprint density at radius 2 is 1.73 bits per heavy atom. The van der Waals surface area contributed by atoms with E-state index in [0.717, 1.165) is 11.1 Å². The van der Waals surface area contributed by atoms with Crippen LogP contribution in [0.2, 0.25) is 5.02 Å². The van der Waals surface area contributed by atoms with Crippen molar-refractivity contribution in [3.05, 3.63) is 70.8 Å². The number of allylic oxidation sites excluding steroid dienone is 1. The lowest BCUT2D eigenvalue weighted by atomic mass is 10.2. The Bertz CT molecular complexity index is 869. The first-order valence-electron chi connectivity index (χ1n) is 8.24. The number of aryl methyl sites for hydroxylation is 1. The summed E-state index contributed by atoms with van der Waals surface area (Å²) < 4.78 is 30.8. The molecule has 0 saturated heterocycles. The van der Waals surface area contributed by atoms with Crippen LogP contribution in [0.4, 0.5) is 0 Å². The molecule has 26 heavy (non-hydrogen) atoms. The van der Waals surface area contributed by atoms with Gasteiger partial charge in [0.1, 0.15) is 0 Å². The maximum absolute atomic E-state index is 12.9. The number of hydrogen-bond donors (Lipinski definition) is 0. The number of benzene rings is 2. The highest BCUT2D eigenvalue weighted by Crippen LogP contribution is 2.21. The second kappa shape index (κ2) is 9.01. The Morgan fingerprint density at radius 3 is 2.31 bits per heavy atom. The van der Waals surface area contributed by atoms with Crippen LogP contribution < -0.4 is 0 Å². The number of carbonyl (C=O) groups excluding carboxylic acids is 1. The molecule has 1 unspecified atom stereocenters. The average molecular weight is 393 g/mol. The Balaban J connectivity index is 2.26. The van der Waals surface area contributed by atoms with E-state index < -0.39 is 21.1 Å². The topological polar surface area (TPSA) is 60.4 Å². The first kappa shape index (κ1) is 20.2. The van der Waals surface area contributed by atoms with E-state index in [4.69, 9.17) is 16.3 Å². The lowest BCUT2D eigenvalue weighted by Crippen LogP contribution is -2.31. The van der Waals surface area contributed by atoms with Gasteiger partial charge in [0.15, 0.2) is 15.1 Å². The highest BCUT2D eigenvalue weighted by Gasteiger charge is 2.34. The maximum atomic E-state index is 12.9. The average Bonchev–Trinajstić information content (AvgIpc) is 2.60. The molecule has 0 saturated carbocycles. The monoisotopic (exact) mass is 392 g/mol. The van der Waals surface area contributed by atoms with Crippen LogP contribution in [0.15, 0.2) is 59.5 Å². The highest BCUT2D eigenvalue weighted by molar-refractivity contribution is 7.92. The predicted octanol–water partition coefficient (Wildman–Crippen LogP) is 4.46. The molecule has 138 valence electrons. The second-order valence-corrected chi connectivity index (χ2v) is 8.36. The normalized spacial score (nSPS) is 12.9. The molecule has 2 rings (SSSR count). The zero-order valence-electron chi connectivity index (χ0n) is 14.7. The molecule has 2 aromatic carbocycles. The zero-order valence-corrected chi connectivity index (χ0v) is 16.3. The fraction of sp³-hybridized carbons (Fsp3) is 0.250. The fourth-order valence-electron chi connectivity index (χ4n) is 2.38. The van der Waals surface area contributed by atoms with Crippen LogP contribution in [0.25, 0.3) is 6.08 Å². The van der Waals surface area contributed by atoms with E-state index in [-0.39, 0.29) is 17.9 Å². The van der Waals surface area contributed by atoms with Crippen molar-refractivity contribution >= 4 is 33.5 Å². The largest absolute Gasteiger partial charge is 0.465 e. The molecule has 0 aliphatic carbocycles. The van der Waals surface area contributed by atoms with Crippen molar-refractivity contribution in [3.63, 3.8) is 0 Å². The van der Waals surface area contributed by atoms with E-state index in [9.17, 15) is 13.2 Å². The summed E-state index contributed by atoms with van der Waals surface area (Å²) in [6.07, 6.45) is 3.45. The van der Waals surface area contributed by atoms with Gasteiger partial charge in [-0.25, -0.2) is 8.42 Å². The van der Waals surface area contributed by atoms with Crippen molar-refractivity contribution < 1.29 is 17.9 Å². The SMILES string of the molecule is CCOC(=O)C(CC=Cc1ccc(Cl)cc1)S(=O)(=O)c1ccc(C)cc1. The molecule has 0 N–H and O–H groups in total. The summed E-state index contributed by atoms with van der Waals surface area (Å²) >= 11 is 5.85. The smallest absolute Gasteiger partial charge is 0.325 e. The van der Waals surface area contributed by atoms with Crippen LogP contribution in [0.1, 0.15) is 24.5 Å². The number of halogens is 1. The highest BCUT2D eigenvalue weighted by atomic mass is 35.5. The van der Waals surface area contributed by atoms with Crippen molar-refractivity contribution in [3.8, 4) is 0 Å². The minimum absolute atomic E-state index is 0.0255. The molecular formula is C20H21ClO4S. The number of hydrogen-bond acceptors (Lipinski definition) is 4. The molecule has 0 radical (unpaired) electrons. The molecule has 0 heterocycles. The molecule has 1 atom stereocenters. The number of ether oxygens (including phenoxy) is 1. The van der Waals surface area contributed by atoms with Crippen LogP contribution >= 0.6 is 11.6 Å². The third kappa shape index (κ3) is 5.19. The molecule has 0 amide bonds. The summed E-state index contributed by atoms with van der Waals surface area (Å²) in [7, 11) is -3.85. The summed E-state index contributed by atoms with van der Waals surface area (Å²) in [4.78, 5) is 12.4. The fourth-order valence-corrected chi connectivity index (χ4v) is 4.03. The molecule has 0 bridgehead atoms. The van der Waals surface area contributed by atoms with Crippen LogP contribution in [-0.4, -0.2) is 26.2 Å². The minimum atomic E-state index is -3.85. The van der Waals surface area contributed by atoms with Gasteiger partial charge in [0.05, 0.1) is 11.5 Å². The van der Waals surface area contributed by atoms with Crippen molar-refractivity contribution in [2.45, 2.75) is 30.4 Å². The first-order chi connectivity index (χ1) is 12.3. The molecule has 0 fully saturated rings. The third-order valence-electron chi connectivity index (χ3n) is 3.80. The number of carbonyl (C=O) groups is 1. The Morgan fingerprint density at radius 1 is 1.12 bits per heavy atom. The minimum Gasteiger partial charge on any atom is -0.465 e. The Hall–Kier alpha value is -2.11. The van der Waals surface area contributed by atoms with Gasteiger partial charge in [-0.3, -0.25) is 4.79 Å². The standard InChI is InChI=1S/C20H21ClO4S/c1-3-25-20(22)19(6-4-5-16-9-11-17(21)12-10-16)26(23,24)18-13-7-15(2)8-14-18/h4-5,7-14,19H,3,6H2,1-2H3. The van der Waals surface area contributed by atoms with Crippen LogP contribution in [0.5, 0.6) is 0 Å². The summed E-state index contributed by atoms with van der Waals surface area (Å²) in [5.41, 5.74) is 1.81. The van der Waals surface area contributed by atoms with E-state index in [2.05, 4.69) is 0 Å². The molecule has 0 aromatic heterocycles. The van der Waals surface area contributed by atoms with Crippen molar-refractivity contribution in [2.24, 2.45) is 0 Å². The molecule has 0 aliphatic heterocycles. The van der Waals surface area contributed by atoms with E-state index in [0.29, 0.717) is 5.02 Å². The van der Waals surface area contributed by atoms with Gasteiger partial charge in [-0.2, -0.15) is 0 Å². The summed E-state index contributed by atoms with van der Waals surface area (Å²) in [6, 6.07) is 13.6. The molecule has 4 nitrogen and oxygen atoms in total. The molecule has 6 heteroatoms. The van der Waals surface area contributed by atoms with Gasteiger partial charge in [0.2, 0.25) is 0 Å². The van der Waals surface area contributed by atoms with Gasteiger partial charge < -0.3 is 4.74 Å². The number of esters is 1. The number of rotatable bonds is 7. The van der Waals surface area contributed by atoms with E-state index in [1.807, 2.05) is 19.1 Å². The summed E-state index contributed by atoms with van der Waals surface area (Å²) in [5, 5.41) is -0.665. The Kier molecular flexibility index (Phi) is 7.00. The summed E-state index contributed by atoms with van der Waals surface area (Å²) in [5.74, 6) is -0.742.